The second-order valence-corrected chi connectivity index (χ2v) is 5.66. The van der Waals surface area contributed by atoms with Gasteiger partial charge in [-0.1, -0.05) is 38.3 Å². The fourth-order valence-electron chi connectivity index (χ4n) is 2.38. The van der Waals surface area contributed by atoms with Gasteiger partial charge in [-0.3, -0.25) is 14.9 Å². The van der Waals surface area contributed by atoms with E-state index in [0.717, 1.165) is 18.6 Å². The van der Waals surface area contributed by atoms with Crippen LogP contribution in [0.1, 0.15) is 43.0 Å². The van der Waals surface area contributed by atoms with Crippen molar-refractivity contribution in [2.75, 3.05) is 11.9 Å². The number of hydrogen-bond donors (Lipinski definition) is 1. The lowest BCUT2D eigenvalue weighted by Crippen LogP contribution is -2.13. The van der Waals surface area contributed by atoms with Crippen LogP contribution in [0.2, 0.25) is 0 Å². The highest BCUT2D eigenvalue weighted by molar-refractivity contribution is 6.07. The topological polar surface area (TPSA) is 81.5 Å². The third-order valence-corrected chi connectivity index (χ3v) is 3.72. The molecule has 0 spiro atoms. The van der Waals surface area contributed by atoms with E-state index in [1.807, 2.05) is 0 Å². The van der Waals surface area contributed by atoms with Gasteiger partial charge in [0.2, 0.25) is 0 Å². The van der Waals surface area contributed by atoms with Crippen molar-refractivity contribution < 1.29 is 14.5 Å². The van der Waals surface area contributed by atoms with Crippen LogP contribution >= 0.6 is 0 Å². The van der Waals surface area contributed by atoms with Crippen molar-refractivity contribution >= 4 is 17.3 Å². The zero-order valence-electron chi connectivity index (χ0n) is 14.2. The van der Waals surface area contributed by atoms with E-state index < -0.39 is 10.8 Å². The number of anilines is 1. The van der Waals surface area contributed by atoms with Crippen LogP contribution in [0.15, 0.2) is 48.5 Å². The second kappa shape index (κ2) is 9.42. The average Bonchev–Trinajstić information content (AvgIpc) is 2.63. The molecule has 0 saturated carbocycles. The molecule has 6 heteroatoms. The van der Waals surface area contributed by atoms with E-state index in [1.54, 1.807) is 30.3 Å². The molecular formula is C19H22N2O4. The zero-order valence-corrected chi connectivity index (χ0v) is 14.2. The lowest BCUT2D eigenvalue weighted by Gasteiger charge is -2.08. The molecule has 0 atom stereocenters. The number of rotatable bonds is 9. The summed E-state index contributed by atoms with van der Waals surface area (Å²) in [5, 5.41) is 13.7. The largest absolute Gasteiger partial charge is 0.494 e. The van der Waals surface area contributed by atoms with Crippen LogP contribution in [0.4, 0.5) is 11.4 Å². The number of hydrogen-bond acceptors (Lipinski definition) is 4. The van der Waals surface area contributed by atoms with Gasteiger partial charge in [0.05, 0.1) is 11.5 Å². The molecule has 25 heavy (non-hydrogen) atoms. The number of unbranched alkanes of at least 4 members (excludes halogenated alkanes) is 3. The van der Waals surface area contributed by atoms with Crippen LogP contribution in [0.5, 0.6) is 5.75 Å². The summed E-state index contributed by atoms with van der Waals surface area (Å²) in [7, 11) is 0. The van der Waals surface area contributed by atoms with Crippen molar-refractivity contribution in [2.45, 2.75) is 32.6 Å². The molecule has 0 saturated heterocycles. The van der Waals surface area contributed by atoms with E-state index in [2.05, 4.69) is 12.2 Å². The van der Waals surface area contributed by atoms with Crippen LogP contribution in [-0.4, -0.2) is 17.4 Å². The smallest absolute Gasteiger partial charge is 0.282 e. The maximum absolute atomic E-state index is 12.2. The van der Waals surface area contributed by atoms with Gasteiger partial charge < -0.3 is 10.1 Å². The molecule has 1 amide bonds. The molecule has 2 rings (SSSR count). The van der Waals surface area contributed by atoms with E-state index in [9.17, 15) is 14.9 Å². The summed E-state index contributed by atoms with van der Waals surface area (Å²) in [6.07, 6.45) is 4.57. The second-order valence-electron chi connectivity index (χ2n) is 5.66. The van der Waals surface area contributed by atoms with Crippen LogP contribution in [0, 0.1) is 10.1 Å². The van der Waals surface area contributed by atoms with Crippen molar-refractivity contribution in [2.24, 2.45) is 0 Å². The Labute approximate surface area is 147 Å². The van der Waals surface area contributed by atoms with Gasteiger partial charge in [-0.25, -0.2) is 0 Å². The molecule has 0 aliphatic heterocycles. The predicted molar refractivity (Wildman–Crippen MR) is 97.1 cm³/mol. The molecule has 0 aliphatic rings. The molecule has 0 fully saturated rings. The molecular weight excluding hydrogens is 320 g/mol. The minimum absolute atomic E-state index is 0.0313. The SMILES string of the molecule is CCCCCCOc1ccc(NC(=O)c2ccccc2[N+](=O)[O-])cc1. The number of benzene rings is 2. The summed E-state index contributed by atoms with van der Waals surface area (Å²) in [4.78, 5) is 22.7. The highest BCUT2D eigenvalue weighted by Crippen LogP contribution is 2.21. The predicted octanol–water partition coefficient (Wildman–Crippen LogP) is 4.81. The number of amides is 1. The molecule has 2 aromatic carbocycles. The first kappa shape index (κ1) is 18.4. The lowest BCUT2D eigenvalue weighted by atomic mass is 10.1. The lowest BCUT2D eigenvalue weighted by molar-refractivity contribution is -0.385. The van der Waals surface area contributed by atoms with Gasteiger partial charge in [-0.05, 0) is 36.8 Å². The Morgan fingerprint density at radius 3 is 2.48 bits per heavy atom. The van der Waals surface area contributed by atoms with Crippen LogP contribution in [0.3, 0.4) is 0 Å². The van der Waals surface area contributed by atoms with E-state index in [0.29, 0.717) is 12.3 Å². The summed E-state index contributed by atoms with van der Waals surface area (Å²) in [5.74, 6) is 0.223. The highest BCUT2D eigenvalue weighted by atomic mass is 16.6. The number of carbonyl (C=O) groups excluding carboxylic acids is 1. The minimum Gasteiger partial charge on any atom is -0.494 e. The number of para-hydroxylation sites is 1. The van der Waals surface area contributed by atoms with Gasteiger partial charge in [-0.15, -0.1) is 0 Å². The van der Waals surface area contributed by atoms with Crippen molar-refractivity contribution in [1.82, 2.24) is 0 Å². The van der Waals surface area contributed by atoms with Crippen LogP contribution in [0.25, 0.3) is 0 Å². The van der Waals surface area contributed by atoms with Gasteiger partial charge in [0.1, 0.15) is 11.3 Å². The normalized spacial score (nSPS) is 10.3. The summed E-state index contributed by atoms with van der Waals surface area (Å²) >= 11 is 0. The Kier molecular flexibility index (Phi) is 6.95. The Bertz CT molecular complexity index is 714. The summed E-state index contributed by atoms with van der Waals surface area (Å²) in [6.45, 7) is 2.83. The van der Waals surface area contributed by atoms with Crippen molar-refractivity contribution in [3.05, 3.63) is 64.2 Å². The fourth-order valence-corrected chi connectivity index (χ4v) is 2.38. The summed E-state index contributed by atoms with van der Waals surface area (Å²) < 4.78 is 5.65. The zero-order chi connectivity index (χ0) is 18.1. The highest BCUT2D eigenvalue weighted by Gasteiger charge is 2.19. The number of ether oxygens (including phenoxy) is 1. The average molecular weight is 342 g/mol. The number of carbonyl (C=O) groups is 1. The number of nitro benzene ring substituents is 1. The molecule has 0 aliphatic carbocycles. The molecule has 0 radical (unpaired) electrons. The minimum atomic E-state index is -0.565. The Morgan fingerprint density at radius 2 is 1.80 bits per heavy atom. The fraction of sp³-hybridized carbons (Fsp3) is 0.316. The Morgan fingerprint density at radius 1 is 1.08 bits per heavy atom. The van der Waals surface area contributed by atoms with E-state index in [1.165, 1.54) is 31.0 Å². The first-order valence-electron chi connectivity index (χ1n) is 8.39. The third kappa shape index (κ3) is 5.60. The van der Waals surface area contributed by atoms with Gasteiger partial charge in [0.25, 0.3) is 11.6 Å². The Balaban J connectivity index is 1.93. The molecule has 0 unspecified atom stereocenters. The number of nitrogens with one attached hydrogen (secondary N) is 1. The number of nitrogens with zero attached hydrogens (tertiary/aromatic N) is 1. The van der Waals surface area contributed by atoms with E-state index >= 15 is 0 Å². The Hall–Kier alpha value is -2.89. The molecule has 0 heterocycles. The van der Waals surface area contributed by atoms with Gasteiger partial charge in [-0.2, -0.15) is 0 Å². The van der Waals surface area contributed by atoms with Crippen LogP contribution in [-0.2, 0) is 0 Å². The van der Waals surface area contributed by atoms with Gasteiger partial charge >= 0.3 is 0 Å². The van der Waals surface area contributed by atoms with E-state index in [4.69, 9.17) is 4.74 Å². The monoisotopic (exact) mass is 342 g/mol. The summed E-state index contributed by atoms with van der Waals surface area (Å²) in [6, 6.07) is 12.8. The van der Waals surface area contributed by atoms with Crippen molar-refractivity contribution in [3.63, 3.8) is 0 Å². The maximum atomic E-state index is 12.2. The molecule has 2 aromatic rings. The van der Waals surface area contributed by atoms with E-state index in [-0.39, 0.29) is 11.3 Å². The maximum Gasteiger partial charge on any atom is 0.282 e. The number of nitro groups is 1. The van der Waals surface area contributed by atoms with Crippen LogP contribution < -0.4 is 10.1 Å². The first-order valence-corrected chi connectivity index (χ1v) is 8.39. The van der Waals surface area contributed by atoms with Crippen molar-refractivity contribution in [3.8, 4) is 5.75 Å². The molecule has 0 bridgehead atoms. The van der Waals surface area contributed by atoms with Gasteiger partial charge in [0, 0.05) is 11.8 Å². The first-order chi connectivity index (χ1) is 12.1. The molecule has 0 aromatic heterocycles. The molecule has 6 nitrogen and oxygen atoms in total. The summed E-state index contributed by atoms with van der Waals surface area (Å²) in [5.41, 5.74) is 0.372. The van der Waals surface area contributed by atoms with Crippen molar-refractivity contribution in [1.29, 1.82) is 0 Å². The standard InChI is InChI=1S/C19H22N2O4/c1-2-3-4-7-14-25-16-12-10-15(11-13-16)20-19(22)17-8-5-6-9-18(17)21(23)24/h5-6,8-13H,2-4,7,14H2,1H3,(H,20,22). The van der Waals surface area contributed by atoms with Gasteiger partial charge in [0.15, 0.2) is 0 Å². The molecule has 1 N–H and O–H groups in total. The third-order valence-electron chi connectivity index (χ3n) is 3.72. The molecule has 132 valence electrons. The quantitative estimate of drug-likeness (QED) is 0.403.